The second-order valence-corrected chi connectivity index (χ2v) is 7.30. The van der Waals surface area contributed by atoms with Crippen molar-refractivity contribution < 1.29 is 5.11 Å². The lowest BCUT2D eigenvalue weighted by Crippen LogP contribution is -2.47. The van der Waals surface area contributed by atoms with Crippen molar-refractivity contribution in [1.29, 1.82) is 0 Å². The maximum absolute atomic E-state index is 10.3. The zero-order valence-electron chi connectivity index (χ0n) is 11.4. The van der Waals surface area contributed by atoms with Crippen molar-refractivity contribution in [2.75, 3.05) is 0 Å². The summed E-state index contributed by atoms with van der Waals surface area (Å²) in [5, 5.41) is 13.7. The molecule has 5 rings (SSSR count). The van der Waals surface area contributed by atoms with Gasteiger partial charge in [0.05, 0.1) is 11.7 Å². The first kappa shape index (κ1) is 11.0. The average Bonchev–Trinajstić information content (AvgIpc) is 2.29. The number of rotatable bonds is 2. The fraction of sp³-hybridized carbons (Fsp3) is 0.867. The molecule has 0 unspecified atom stereocenters. The van der Waals surface area contributed by atoms with Gasteiger partial charge in [-0.25, -0.2) is 0 Å². The summed E-state index contributed by atoms with van der Waals surface area (Å²) in [7, 11) is 0. The smallest absolute Gasteiger partial charge is 0.227 e. The van der Waals surface area contributed by atoms with E-state index in [4.69, 9.17) is 0 Å². The Morgan fingerprint density at radius 1 is 1.06 bits per heavy atom. The van der Waals surface area contributed by atoms with Gasteiger partial charge in [-0.3, -0.25) is 9.78 Å². The average molecular weight is 248 g/mol. The molecule has 0 aliphatic heterocycles. The predicted molar refractivity (Wildman–Crippen MR) is 70.6 cm³/mol. The van der Waals surface area contributed by atoms with Gasteiger partial charge in [0.2, 0.25) is 5.88 Å². The Kier molecular flexibility index (Phi) is 2.19. The lowest BCUT2D eigenvalue weighted by atomic mass is 9.54. The van der Waals surface area contributed by atoms with E-state index in [9.17, 15) is 5.11 Å². The highest BCUT2D eigenvalue weighted by atomic mass is 16.3. The van der Waals surface area contributed by atoms with Crippen molar-refractivity contribution in [3.8, 4) is 5.88 Å². The monoisotopic (exact) mass is 248 g/mol. The molecule has 1 aromatic heterocycles. The van der Waals surface area contributed by atoms with Crippen molar-refractivity contribution in [3.05, 3.63) is 5.69 Å². The van der Waals surface area contributed by atoms with Crippen molar-refractivity contribution >= 4 is 0 Å². The largest absolute Gasteiger partial charge is 0.492 e. The molecule has 2 N–H and O–H groups in total. The third-order valence-electron chi connectivity index (χ3n) is 5.76. The Morgan fingerprint density at radius 3 is 2.06 bits per heavy atom. The molecule has 1 heterocycles. The van der Waals surface area contributed by atoms with E-state index in [0.29, 0.717) is 17.8 Å². The number of H-pyrrole nitrogens is 1. The molecular weight excluding hydrogens is 224 g/mol. The van der Waals surface area contributed by atoms with E-state index in [0.717, 1.165) is 29.4 Å². The normalized spacial score (nSPS) is 42.1. The molecule has 4 fully saturated rings. The van der Waals surface area contributed by atoms with Crippen LogP contribution >= 0.6 is 0 Å². The molecule has 3 nitrogen and oxygen atoms in total. The number of aromatic nitrogens is 2. The van der Waals surface area contributed by atoms with Crippen LogP contribution in [0.1, 0.15) is 63.6 Å². The molecule has 3 heteroatoms. The molecule has 1 aromatic rings. The van der Waals surface area contributed by atoms with Crippen LogP contribution in [0.25, 0.3) is 0 Å². The van der Waals surface area contributed by atoms with Gasteiger partial charge in [-0.15, -0.1) is 0 Å². The number of nitrogens with zero attached hydrogens (tertiary/aromatic N) is 1. The fourth-order valence-electron chi connectivity index (χ4n) is 5.23. The summed E-state index contributed by atoms with van der Waals surface area (Å²) in [6, 6.07) is 0.570. The molecule has 0 atom stereocenters. The van der Waals surface area contributed by atoms with Gasteiger partial charge in [0, 0.05) is 5.92 Å². The van der Waals surface area contributed by atoms with E-state index >= 15 is 0 Å². The van der Waals surface area contributed by atoms with E-state index in [2.05, 4.69) is 23.6 Å². The van der Waals surface area contributed by atoms with Crippen LogP contribution in [0.3, 0.4) is 0 Å². The Balaban J connectivity index is 1.63. The minimum atomic E-state index is 0.401. The molecule has 4 aliphatic rings. The second-order valence-electron chi connectivity index (χ2n) is 7.30. The highest BCUT2D eigenvalue weighted by molar-refractivity contribution is 5.24. The molecule has 100 valence electrons. The Hall–Kier alpha value is -0.860. The zero-order valence-corrected chi connectivity index (χ0v) is 11.4. The third-order valence-corrected chi connectivity index (χ3v) is 5.76. The van der Waals surface area contributed by atoms with Crippen LogP contribution in [0.4, 0.5) is 0 Å². The van der Waals surface area contributed by atoms with Gasteiger partial charge in [-0.05, 0) is 55.8 Å². The molecule has 18 heavy (non-hydrogen) atoms. The van der Waals surface area contributed by atoms with Gasteiger partial charge in [-0.2, -0.15) is 0 Å². The van der Waals surface area contributed by atoms with Gasteiger partial charge in [0.15, 0.2) is 0 Å². The van der Waals surface area contributed by atoms with Crippen molar-refractivity contribution in [2.24, 2.45) is 23.7 Å². The van der Waals surface area contributed by atoms with Crippen molar-refractivity contribution in [3.63, 3.8) is 0 Å². The summed E-state index contributed by atoms with van der Waals surface area (Å²) in [4.78, 5) is 0. The number of hydrogen-bond acceptors (Lipinski definition) is 1. The first-order valence-corrected chi connectivity index (χ1v) is 7.62. The minimum Gasteiger partial charge on any atom is -0.492 e. The van der Waals surface area contributed by atoms with Gasteiger partial charge < -0.3 is 5.11 Å². The van der Waals surface area contributed by atoms with E-state index < -0.39 is 0 Å². The van der Waals surface area contributed by atoms with Gasteiger partial charge in [-0.1, -0.05) is 13.8 Å². The molecule has 0 spiro atoms. The van der Waals surface area contributed by atoms with Crippen LogP contribution in [0.15, 0.2) is 0 Å². The predicted octanol–water partition coefficient (Wildman–Crippen LogP) is 3.64. The Labute approximate surface area is 109 Å². The van der Waals surface area contributed by atoms with E-state index in [-0.39, 0.29) is 0 Å². The summed E-state index contributed by atoms with van der Waals surface area (Å²) in [6.45, 7) is 4.26. The van der Waals surface area contributed by atoms with Crippen LogP contribution < -0.4 is 0 Å². The maximum Gasteiger partial charge on any atom is 0.227 e. The lowest BCUT2D eigenvalue weighted by Gasteiger charge is -2.55. The standard InChI is InChI=1S/C15H24N2O/c1-8(2)13-15(18)17(16-13)14-11-4-9-3-10(6-11)7-12(14)5-9/h8-12,14,16,18H,3-7H2,1-2H3. The molecule has 4 aliphatic carbocycles. The van der Waals surface area contributed by atoms with Crippen molar-refractivity contribution in [2.45, 2.75) is 57.9 Å². The van der Waals surface area contributed by atoms with Crippen LogP contribution in [0.5, 0.6) is 5.88 Å². The molecular formula is C15H24N2O. The van der Waals surface area contributed by atoms with Gasteiger partial charge >= 0.3 is 0 Å². The first-order valence-electron chi connectivity index (χ1n) is 7.62. The maximum atomic E-state index is 10.3. The topological polar surface area (TPSA) is 41.0 Å². The van der Waals surface area contributed by atoms with Crippen LogP contribution in [0, 0.1) is 23.7 Å². The number of hydrogen-bond donors (Lipinski definition) is 2. The first-order chi connectivity index (χ1) is 8.63. The van der Waals surface area contributed by atoms with Crippen molar-refractivity contribution in [1.82, 2.24) is 9.78 Å². The van der Waals surface area contributed by atoms with Crippen LogP contribution in [-0.2, 0) is 0 Å². The second kappa shape index (κ2) is 3.58. The van der Waals surface area contributed by atoms with E-state index in [1.807, 2.05) is 0 Å². The molecule has 0 radical (unpaired) electrons. The Morgan fingerprint density at radius 2 is 1.61 bits per heavy atom. The highest BCUT2D eigenvalue weighted by Crippen LogP contribution is 2.59. The fourth-order valence-corrected chi connectivity index (χ4v) is 5.23. The summed E-state index contributed by atoms with van der Waals surface area (Å²) >= 11 is 0. The number of aromatic hydroxyl groups is 1. The summed E-state index contributed by atoms with van der Waals surface area (Å²) in [6.07, 6.45) is 7.10. The lowest BCUT2D eigenvalue weighted by molar-refractivity contribution is -0.0399. The number of nitrogens with one attached hydrogen (secondary N) is 1. The van der Waals surface area contributed by atoms with Crippen LogP contribution in [-0.4, -0.2) is 14.9 Å². The summed E-state index contributed by atoms with van der Waals surface area (Å²) in [5.41, 5.74) is 1.03. The minimum absolute atomic E-state index is 0.401. The zero-order chi connectivity index (χ0) is 12.4. The van der Waals surface area contributed by atoms with E-state index in [1.54, 1.807) is 0 Å². The van der Waals surface area contributed by atoms with Crippen LogP contribution in [0.2, 0.25) is 0 Å². The molecule has 4 saturated carbocycles. The molecule has 0 saturated heterocycles. The molecule has 4 bridgehead atoms. The van der Waals surface area contributed by atoms with Gasteiger partial charge in [0.1, 0.15) is 0 Å². The molecule has 0 amide bonds. The Bertz CT molecular complexity index is 429. The number of aromatic amines is 1. The highest BCUT2D eigenvalue weighted by Gasteiger charge is 2.50. The molecule has 0 aromatic carbocycles. The third kappa shape index (κ3) is 1.36. The quantitative estimate of drug-likeness (QED) is 0.824. The van der Waals surface area contributed by atoms with Gasteiger partial charge in [0.25, 0.3) is 0 Å². The summed E-state index contributed by atoms with van der Waals surface area (Å²) < 4.78 is 2.10. The SMILES string of the molecule is CC(C)c1[nH]n(C2C3CC4CC(C3)CC2C4)c1O. The summed E-state index contributed by atoms with van der Waals surface area (Å²) in [5.74, 6) is 4.58. The van der Waals surface area contributed by atoms with E-state index in [1.165, 1.54) is 32.1 Å².